The maximum Gasteiger partial charge on any atom is 0.333 e. The molecule has 1 saturated heterocycles. The Morgan fingerprint density at radius 2 is 1.72 bits per heavy atom. The van der Waals surface area contributed by atoms with Gasteiger partial charge in [-0.15, -0.1) is 0 Å². The molecule has 0 aromatic heterocycles. The van der Waals surface area contributed by atoms with Gasteiger partial charge >= 0.3 is 6.03 Å². The van der Waals surface area contributed by atoms with Gasteiger partial charge in [0.05, 0.1) is 10.7 Å². The number of amides is 2. The van der Waals surface area contributed by atoms with E-state index in [1.165, 1.54) is 5.56 Å². The van der Waals surface area contributed by atoms with Crippen molar-refractivity contribution in [2.45, 2.75) is 25.4 Å². The Morgan fingerprint density at radius 3 is 2.44 bits per heavy atom. The SMILES string of the molecule is O=C(NNc1ccccc1Cl)NC1CCN(Cc2ccccc2)CC1. The molecule has 0 aliphatic carbocycles. The number of carbonyl (C=O) groups is 1. The van der Waals surface area contributed by atoms with Gasteiger partial charge in [-0.1, -0.05) is 54.1 Å². The minimum absolute atomic E-state index is 0.195. The molecule has 0 bridgehead atoms. The summed E-state index contributed by atoms with van der Waals surface area (Å²) < 4.78 is 0. The van der Waals surface area contributed by atoms with Crippen molar-refractivity contribution in [1.82, 2.24) is 15.6 Å². The fraction of sp³-hybridized carbons (Fsp3) is 0.316. The highest BCUT2D eigenvalue weighted by Gasteiger charge is 2.20. The number of halogens is 1. The monoisotopic (exact) mass is 358 g/mol. The molecule has 0 radical (unpaired) electrons. The second-order valence-corrected chi connectivity index (χ2v) is 6.65. The highest BCUT2D eigenvalue weighted by molar-refractivity contribution is 6.33. The van der Waals surface area contributed by atoms with E-state index in [-0.39, 0.29) is 12.1 Å². The van der Waals surface area contributed by atoms with E-state index in [1.807, 2.05) is 24.3 Å². The molecule has 0 atom stereocenters. The summed E-state index contributed by atoms with van der Waals surface area (Å²) in [6.07, 6.45) is 1.90. The molecule has 25 heavy (non-hydrogen) atoms. The van der Waals surface area contributed by atoms with Gasteiger partial charge in [0.1, 0.15) is 0 Å². The maximum atomic E-state index is 12.0. The average molecular weight is 359 g/mol. The second-order valence-electron chi connectivity index (χ2n) is 6.24. The van der Waals surface area contributed by atoms with Crippen LogP contribution < -0.4 is 16.2 Å². The number of hydrogen-bond donors (Lipinski definition) is 3. The van der Waals surface area contributed by atoms with Crippen molar-refractivity contribution < 1.29 is 4.79 Å². The van der Waals surface area contributed by atoms with E-state index in [0.717, 1.165) is 32.5 Å². The van der Waals surface area contributed by atoms with Gasteiger partial charge in [0.15, 0.2) is 0 Å². The zero-order valence-electron chi connectivity index (χ0n) is 14.0. The van der Waals surface area contributed by atoms with Crippen LogP contribution in [0.4, 0.5) is 10.5 Å². The number of likely N-dealkylation sites (tertiary alicyclic amines) is 1. The Bertz CT molecular complexity index is 687. The normalized spacial score (nSPS) is 15.6. The molecule has 1 heterocycles. The zero-order chi connectivity index (χ0) is 17.5. The molecule has 132 valence electrons. The molecule has 1 fully saturated rings. The van der Waals surface area contributed by atoms with Crippen LogP contribution in [-0.2, 0) is 6.54 Å². The van der Waals surface area contributed by atoms with Crippen molar-refractivity contribution in [1.29, 1.82) is 0 Å². The summed E-state index contributed by atoms with van der Waals surface area (Å²) in [6.45, 7) is 2.93. The summed E-state index contributed by atoms with van der Waals surface area (Å²) in [6, 6.07) is 17.7. The van der Waals surface area contributed by atoms with E-state index in [4.69, 9.17) is 11.6 Å². The van der Waals surface area contributed by atoms with E-state index in [9.17, 15) is 4.79 Å². The molecule has 0 unspecified atom stereocenters. The fourth-order valence-electron chi connectivity index (χ4n) is 2.99. The number of urea groups is 1. The Morgan fingerprint density at radius 1 is 1.04 bits per heavy atom. The van der Waals surface area contributed by atoms with Gasteiger partial charge < -0.3 is 5.32 Å². The average Bonchev–Trinajstić information content (AvgIpc) is 2.64. The van der Waals surface area contributed by atoms with E-state index < -0.39 is 0 Å². The Kier molecular flexibility index (Phi) is 6.14. The Balaban J connectivity index is 1.38. The molecule has 6 heteroatoms. The topological polar surface area (TPSA) is 56.4 Å². The van der Waals surface area contributed by atoms with Crippen molar-refractivity contribution in [3.63, 3.8) is 0 Å². The van der Waals surface area contributed by atoms with Crippen LogP contribution in [0, 0.1) is 0 Å². The molecule has 1 aliphatic rings. The largest absolute Gasteiger partial charge is 0.334 e. The standard InChI is InChI=1S/C19H23ClN4O/c20-17-8-4-5-9-18(17)22-23-19(25)21-16-10-12-24(13-11-16)14-15-6-2-1-3-7-15/h1-9,16,22H,10-14H2,(H2,21,23,25). The van der Waals surface area contributed by atoms with Crippen LogP contribution in [0.3, 0.4) is 0 Å². The van der Waals surface area contributed by atoms with E-state index >= 15 is 0 Å². The summed E-state index contributed by atoms with van der Waals surface area (Å²) in [5, 5.41) is 3.58. The Labute approximate surface area is 153 Å². The van der Waals surface area contributed by atoms with Gasteiger partial charge in [-0.25, -0.2) is 4.79 Å². The zero-order valence-corrected chi connectivity index (χ0v) is 14.8. The first-order valence-electron chi connectivity index (χ1n) is 8.54. The van der Waals surface area contributed by atoms with Crippen LogP contribution >= 0.6 is 11.6 Å². The number of benzene rings is 2. The predicted octanol–water partition coefficient (Wildman–Crippen LogP) is 3.63. The molecule has 2 amide bonds. The number of hydrogen-bond acceptors (Lipinski definition) is 3. The van der Waals surface area contributed by atoms with Crippen LogP contribution in [0.5, 0.6) is 0 Å². The Hall–Kier alpha value is -2.24. The fourth-order valence-corrected chi connectivity index (χ4v) is 3.17. The molecule has 3 N–H and O–H groups in total. The van der Waals surface area contributed by atoms with Gasteiger partial charge in [-0.2, -0.15) is 0 Å². The third-order valence-electron chi connectivity index (χ3n) is 4.36. The first-order valence-corrected chi connectivity index (χ1v) is 8.92. The highest BCUT2D eigenvalue weighted by atomic mass is 35.5. The second kappa shape index (κ2) is 8.74. The molecule has 2 aromatic carbocycles. The number of piperidine rings is 1. The van der Waals surface area contributed by atoms with Gasteiger partial charge in [0, 0.05) is 25.7 Å². The highest BCUT2D eigenvalue weighted by Crippen LogP contribution is 2.19. The van der Waals surface area contributed by atoms with Crippen molar-refractivity contribution in [3.05, 3.63) is 65.2 Å². The predicted molar refractivity (Wildman–Crippen MR) is 101 cm³/mol. The summed E-state index contributed by atoms with van der Waals surface area (Å²) >= 11 is 6.04. The lowest BCUT2D eigenvalue weighted by Crippen LogP contribution is -2.48. The van der Waals surface area contributed by atoms with Crippen LogP contribution in [0.1, 0.15) is 18.4 Å². The molecule has 0 spiro atoms. The minimum atomic E-state index is -0.235. The molecule has 0 saturated carbocycles. The van der Waals surface area contributed by atoms with Gasteiger partial charge in [-0.3, -0.25) is 15.8 Å². The first-order chi connectivity index (χ1) is 12.2. The maximum absolute atomic E-state index is 12.0. The van der Waals surface area contributed by atoms with E-state index in [1.54, 1.807) is 6.07 Å². The lowest BCUT2D eigenvalue weighted by Gasteiger charge is -2.32. The summed E-state index contributed by atoms with van der Waals surface area (Å²) in [4.78, 5) is 14.5. The van der Waals surface area contributed by atoms with Crippen LogP contribution in [0.15, 0.2) is 54.6 Å². The molecule has 1 aliphatic heterocycles. The molecule has 3 rings (SSSR count). The molecular formula is C19H23ClN4O. The number of nitrogens with zero attached hydrogens (tertiary/aromatic N) is 1. The summed E-state index contributed by atoms with van der Waals surface area (Å²) in [5.74, 6) is 0. The molecule has 2 aromatic rings. The van der Waals surface area contributed by atoms with E-state index in [2.05, 4.69) is 45.3 Å². The van der Waals surface area contributed by atoms with Gasteiger partial charge in [0.2, 0.25) is 0 Å². The molecular weight excluding hydrogens is 336 g/mol. The summed E-state index contributed by atoms with van der Waals surface area (Å²) in [5.41, 5.74) is 7.49. The molecule has 5 nitrogen and oxygen atoms in total. The number of para-hydroxylation sites is 1. The lowest BCUT2D eigenvalue weighted by atomic mass is 10.0. The summed E-state index contributed by atoms with van der Waals surface area (Å²) in [7, 11) is 0. The van der Waals surface area contributed by atoms with Crippen molar-refractivity contribution in [2.75, 3.05) is 18.5 Å². The number of carbonyl (C=O) groups excluding carboxylic acids is 1. The van der Waals surface area contributed by atoms with Crippen LogP contribution in [0.25, 0.3) is 0 Å². The number of nitrogens with one attached hydrogen (secondary N) is 3. The third-order valence-corrected chi connectivity index (χ3v) is 4.69. The van der Waals surface area contributed by atoms with Gasteiger partial charge in [-0.05, 0) is 30.5 Å². The number of anilines is 1. The van der Waals surface area contributed by atoms with E-state index in [0.29, 0.717) is 10.7 Å². The number of hydrazine groups is 1. The van der Waals surface area contributed by atoms with Crippen molar-refractivity contribution in [3.8, 4) is 0 Å². The van der Waals surface area contributed by atoms with Crippen molar-refractivity contribution >= 4 is 23.3 Å². The minimum Gasteiger partial charge on any atom is -0.334 e. The third kappa shape index (κ3) is 5.37. The van der Waals surface area contributed by atoms with Crippen LogP contribution in [0.2, 0.25) is 5.02 Å². The van der Waals surface area contributed by atoms with Gasteiger partial charge in [0.25, 0.3) is 0 Å². The lowest BCUT2D eigenvalue weighted by molar-refractivity contribution is 0.187. The van der Waals surface area contributed by atoms with Crippen LogP contribution in [-0.4, -0.2) is 30.1 Å². The van der Waals surface area contributed by atoms with Crippen molar-refractivity contribution in [2.24, 2.45) is 0 Å². The number of rotatable bonds is 5. The smallest absolute Gasteiger partial charge is 0.333 e. The quantitative estimate of drug-likeness (QED) is 0.715. The first kappa shape index (κ1) is 17.6.